The summed E-state index contributed by atoms with van der Waals surface area (Å²) in [6, 6.07) is 15.1. The molecule has 8 nitrogen and oxygen atoms in total. The molecule has 0 saturated carbocycles. The molecular weight excluding hydrogens is 502 g/mol. The van der Waals surface area contributed by atoms with E-state index in [0.29, 0.717) is 29.5 Å². The summed E-state index contributed by atoms with van der Waals surface area (Å²) in [7, 11) is 1.59. The van der Waals surface area contributed by atoms with Crippen LogP contribution in [0.2, 0.25) is 0 Å². The van der Waals surface area contributed by atoms with E-state index >= 15 is 0 Å². The van der Waals surface area contributed by atoms with E-state index in [1.54, 1.807) is 43.1 Å². The lowest BCUT2D eigenvalue weighted by molar-refractivity contribution is -0.113. The van der Waals surface area contributed by atoms with Crippen molar-refractivity contribution in [1.82, 2.24) is 20.1 Å². The number of methoxy groups -OCH3 is 1. The Morgan fingerprint density at radius 3 is 2.66 bits per heavy atom. The number of aromatic nitrogens is 3. The maximum absolute atomic E-state index is 12.5. The summed E-state index contributed by atoms with van der Waals surface area (Å²) < 4.78 is 8.08. The molecule has 2 N–H and O–H groups in total. The molecule has 0 unspecified atom stereocenters. The summed E-state index contributed by atoms with van der Waals surface area (Å²) in [5.41, 5.74) is 1.64. The van der Waals surface area contributed by atoms with Gasteiger partial charge in [0, 0.05) is 40.6 Å². The minimum atomic E-state index is -0.132. The first kappa shape index (κ1) is 25.1. The van der Waals surface area contributed by atoms with E-state index < -0.39 is 0 Å². The molecule has 4 rings (SSSR count). The predicted octanol–water partition coefficient (Wildman–Crippen LogP) is 4.77. The van der Waals surface area contributed by atoms with Crippen LogP contribution in [-0.2, 0) is 11.3 Å². The lowest BCUT2D eigenvalue weighted by Gasteiger charge is -2.08. The summed E-state index contributed by atoms with van der Waals surface area (Å²) >= 11 is 4.45. The second kappa shape index (κ2) is 12.1. The molecular formula is C24H25N5O3S3. The van der Waals surface area contributed by atoms with Crippen molar-refractivity contribution in [1.29, 1.82) is 0 Å². The van der Waals surface area contributed by atoms with Gasteiger partial charge in [0.25, 0.3) is 5.91 Å². The van der Waals surface area contributed by atoms with Crippen LogP contribution in [0, 0.1) is 0 Å². The Morgan fingerprint density at radius 2 is 1.89 bits per heavy atom. The number of nitrogens with zero attached hydrogens (tertiary/aromatic N) is 3. The third-order valence-electron chi connectivity index (χ3n) is 5.02. The largest absolute Gasteiger partial charge is 0.497 e. The zero-order valence-corrected chi connectivity index (χ0v) is 21.8. The summed E-state index contributed by atoms with van der Waals surface area (Å²) in [4.78, 5) is 25.9. The quantitative estimate of drug-likeness (QED) is 0.214. The number of thioether (sulfide) groups is 2. The molecule has 182 valence electrons. The van der Waals surface area contributed by atoms with Crippen LogP contribution in [0.4, 0.5) is 5.13 Å². The number of rotatable bonds is 11. The maximum atomic E-state index is 12.5. The van der Waals surface area contributed by atoms with Crippen molar-refractivity contribution in [2.45, 2.75) is 22.7 Å². The van der Waals surface area contributed by atoms with Gasteiger partial charge < -0.3 is 14.6 Å². The first-order valence-corrected chi connectivity index (χ1v) is 13.7. The van der Waals surface area contributed by atoms with Crippen LogP contribution in [0.15, 0.2) is 64.0 Å². The Morgan fingerprint density at radius 1 is 1.09 bits per heavy atom. The number of hydrogen-bond acceptors (Lipinski definition) is 8. The Balaban J connectivity index is 1.35. The second-order valence-electron chi connectivity index (χ2n) is 7.33. The molecule has 0 saturated heterocycles. The second-order valence-corrected chi connectivity index (χ2v) is 10.8. The van der Waals surface area contributed by atoms with E-state index in [1.165, 1.54) is 23.1 Å². The van der Waals surface area contributed by atoms with Crippen molar-refractivity contribution in [3.63, 3.8) is 0 Å². The van der Waals surface area contributed by atoms with E-state index in [1.807, 2.05) is 37.4 Å². The number of carbonyl (C=O) groups excluding carboxylic acids is 2. The standard InChI is InChI=1S/C24H25N5O3S3/c1-3-33-24-28-27-23(35-24)26-21(30)15-34-20-14-29(19-7-5-4-6-18(19)20)13-12-25-22(31)16-8-10-17(32-2)11-9-16/h4-11,14H,3,12-13,15H2,1-2H3,(H,25,31)(H,26,27,30). The van der Waals surface area contributed by atoms with Gasteiger partial charge in [-0.2, -0.15) is 0 Å². The Bertz CT molecular complexity index is 1300. The Hall–Kier alpha value is -3.02. The predicted molar refractivity (Wildman–Crippen MR) is 143 cm³/mol. The molecule has 0 bridgehead atoms. The number of fused-ring (bicyclic) bond motifs is 1. The molecule has 0 aliphatic rings. The minimum absolute atomic E-state index is 0.122. The van der Waals surface area contributed by atoms with Crippen LogP contribution >= 0.6 is 34.9 Å². The highest BCUT2D eigenvalue weighted by atomic mass is 32.2. The topological polar surface area (TPSA) is 98.1 Å². The summed E-state index contributed by atoms with van der Waals surface area (Å²) in [5, 5.41) is 15.5. The molecule has 0 aliphatic carbocycles. The van der Waals surface area contributed by atoms with Crippen molar-refractivity contribution in [2.24, 2.45) is 0 Å². The van der Waals surface area contributed by atoms with Crippen LogP contribution < -0.4 is 15.4 Å². The number of amides is 2. The van der Waals surface area contributed by atoms with E-state index in [-0.39, 0.29) is 17.6 Å². The molecule has 2 aromatic carbocycles. The summed E-state index contributed by atoms with van der Waals surface area (Å²) in [6.07, 6.45) is 2.03. The number of ether oxygens (including phenoxy) is 1. The van der Waals surface area contributed by atoms with Crippen molar-refractivity contribution >= 4 is 62.7 Å². The third kappa shape index (κ3) is 6.56. The van der Waals surface area contributed by atoms with Gasteiger partial charge in [-0.1, -0.05) is 48.2 Å². The Kier molecular flexibility index (Phi) is 8.67. The van der Waals surface area contributed by atoms with Crippen molar-refractivity contribution in [2.75, 3.05) is 30.5 Å². The fourth-order valence-corrected chi connectivity index (χ4v) is 5.94. The van der Waals surface area contributed by atoms with Gasteiger partial charge in [-0.15, -0.1) is 22.0 Å². The molecule has 35 heavy (non-hydrogen) atoms. The first-order chi connectivity index (χ1) is 17.1. The monoisotopic (exact) mass is 527 g/mol. The van der Waals surface area contributed by atoms with Crippen LogP contribution in [0.1, 0.15) is 17.3 Å². The molecule has 4 aromatic rings. The molecule has 0 spiro atoms. The molecule has 2 amide bonds. The molecule has 0 fully saturated rings. The SMILES string of the molecule is CCSc1nnc(NC(=O)CSc2cn(CCNC(=O)c3ccc(OC)cc3)c3ccccc23)s1. The van der Waals surface area contributed by atoms with Gasteiger partial charge in [-0.25, -0.2) is 0 Å². The van der Waals surface area contributed by atoms with Crippen LogP contribution in [-0.4, -0.2) is 51.7 Å². The average Bonchev–Trinajstić information content (AvgIpc) is 3.47. The lowest BCUT2D eigenvalue weighted by Crippen LogP contribution is -2.27. The van der Waals surface area contributed by atoms with E-state index in [2.05, 4.69) is 25.4 Å². The first-order valence-electron chi connectivity index (χ1n) is 11.0. The van der Waals surface area contributed by atoms with Gasteiger partial charge in [0.1, 0.15) is 5.75 Å². The number of para-hydroxylation sites is 1. The van der Waals surface area contributed by atoms with E-state index in [0.717, 1.165) is 25.9 Å². The number of benzene rings is 2. The third-order valence-corrected chi connectivity index (χ3v) is 7.92. The Labute approximate surface area is 215 Å². The number of anilines is 1. The zero-order chi connectivity index (χ0) is 24.6. The summed E-state index contributed by atoms with van der Waals surface area (Å²) in [5.74, 6) is 1.63. The summed E-state index contributed by atoms with van der Waals surface area (Å²) in [6.45, 7) is 3.13. The lowest BCUT2D eigenvalue weighted by atomic mass is 10.2. The smallest absolute Gasteiger partial charge is 0.251 e. The fraction of sp³-hybridized carbons (Fsp3) is 0.250. The van der Waals surface area contributed by atoms with Gasteiger partial charge in [0.15, 0.2) is 4.34 Å². The van der Waals surface area contributed by atoms with Crippen molar-refractivity contribution in [3.8, 4) is 5.75 Å². The van der Waals surface area contributed by atoms with Gasteiger partial charge in [-0.3, -0.25) is 14.9 Å². The van der Waals surface area contributed by atoms with Crippen LogP contribution in [0.5, 0.6) is 5.75 Å². The van der Waals surface area contributed by atoms with Crippen LogP contribution in [0.25, 0.3) is 10.9 Å². The van der Waals surface area contributed by atoms with Crippen LogP contribution in [0.3, 0.4) is 0 Å². The molecule has 11 heteroatoms. The van der Waals surface area contributed by atoms with E-state index in [9.17, 15) is 9.59 Å². The zero-order valence-electron chi connectivity index (χ0n) is 19.3. The molecule has 0 aliphatic heterocycles. The van der Waals surface area contributed by atoms with Gasteiger partial charge in [-0.05, 0) is 36.1 Å². The molecule has 2 heterocycles. The van der Waals surface area contributed by atoms with Crippen molar-refractivity contribution in [3.05, 3.63) is 60.3 Å². The molecule has 0 radical (unpaired) electrons. The average molecular weight is 528 g/mol. The highest BCUT2D eigenvalue weighted by molar-refractivity contribution is 8.01. The van der Waals surface area contributed by atoms with E-state index in [4.69, 9.17) is 4.74 Å². The number of nitrogens with one attached hydrogen (secondary N) is 2. The van der Waals surface area contributed by atoms with Gasteiger partial charge >= 0.3 is 0 Å². The van der Waals surface area contributed by atoms with Crippen molar-refractivity contribution < 1.29 is 14.3 Å². The highest BCUT2D eigenvalue weighted by Gasteiger charge is 2.13. The molecule has 2 aromatic heterocycles. The number of hydrogen-bond donors (Lipinski definition) is 2. The highest BCUT2D eigenvalue weighted by Crippen LogP contribution is 2.30. The number of carbonyl (C=O) groups is 2. The fourth-order valence-electron chi connectivity index (χ4n) is 3.39. The van der Waals surface area contributed by atoms with Gasteiger partial charge in [0.2, 0.25) is 11.0 Å². The van der Waals surface area contributed by atoms with Gasteiger partial charge in [0.05, 0.1) is 12.9 Å². The molecule has 0 atom stereocenters. The normalized spacial score (nSPS) is 10.9. The minimum Gasteiger partial charge on any atom is -0.497 e. The maximum Gasteiger partial charge on any atom is 0.251 e.